The van der Waals surface area contributed by atoms with E-state index in [2.05, 4.69) is 15.5 Å². The predicted molar refractivity (Wildman–Crippen MR) is 84.6 cm³/mol. The molecule has 0 aliphatic carbocycles. The van der Waals surface area contributed by atoms with Gasteiger partial charge in [0, 0.05) is 11.8 Å². The van der Waals surface area contributed by atoms with Gasteiger partial charge >= 0.3 is 0 Å². The van der Waals surface area contributed by atoms with Crippen LogP contribution in [0.4, 0.5) is 5.82 Å². The minimum Gasteiger partial charge on any atom is -0.307 e. The fourth-order valence-electron chi connectivity index (χ4n) is 1.94. The Hall–Kier alpha value is -2.08. The lowest BCUT2D eigenvalue weighted by molar-refractivity contribution is 0.847. The first kappa shape index (κ1) is 13.9. The van der Waals surface area contributed by atoms with Crippen LogP contribution in [0.15, 0.2) is 48.8 Å². The number of pyridine rings is 1. The molecule has 0 aliphatic rings. The summed E-state index contributed by atoms with van der Waals surface area (Å²) in [6.07, 6.45) is 3.59. The van der Waals surface area contributed by atoms with Crippen LogP contribution in [-0.4, -0.2) is 14.8 Å². The van der Waals surface area contributed by atoms with Gasteiger partial charge in [0.25, 0.3) is 0 Å². The van der Waals surface area contributed by atoms with E-state index in [-0.39, 0.29) is 0 Å². The number of hydrogen-bond acceptors (Lipinski definition) is 4. The first-order valence-corrected chi connectivity index (χ1v) is 6.88. The number of nitrogens with two attached hydrogens (primary N) is 1. The zero-order valence-electron chi connectivity index (χ0n) is 10.8. The number of nitrogen functional groups attached to an aromatic ring is 1. The molecule has 0 atom stereocenters. The van der Waals surface area contributed by atoms with Crippen molar-refractivity contribution >= 4 is 29.0 Å². The van der Waals surface area contributed by atoms with Gasteiger partial charge in [0.2, 0.25) is 0 Å². The Morgan fingerprint density at radius 3 is 2.52 bits per heavy atom. The third-order valence-corrected chi connectivity index (χ3v) is 3.52. The summed E-state index contributed by atoms with van der Waals surface area (Å²) in [5.41, 5.74) is 4.45. The zero-order chi connectivity index (χ0) is 14.8. The molecule has 0 saturated heterocycles. The highest BCUT2D eigenvalue weighted by Gasteiger charge is 2.12. The predicted octanol–water partition coefficient (Wildman–Crippen LogP) is 3.53. The largest absolute Gasteiger partial charge is 0.307 e. The molecule has 5 nitrogen and oxygen atoms in total. The average molecular weight is 320 g/mol. The van der Waals surface area contributed by atoms with Crippen molar-refractivity contribution in [3.63, 3.8) is 0 Å². The van der Waals surface area contributed by atoms with Gasteiger partial charge in [-0.3, -0.25) is 0 Å². The van der Waals surface area contributed by atoms with Crippen LogP contribution in [0.1, 0.15) is 0 Å². The van der Waals surface area contributed by atoms with Crippen molar-refractivity contribution in [2.45, 2.75) is 0 Å². The highest BCUT2D eigenvalue weighted by Crippen LogP contribution is 2.28. The molecule has 0 radical (unpaired) electrons. The van der Waals surface area contributed by atoms with Crippen molar-refractivity contribution < 1.29 is 0 Å². The van der Waals surface area contributed by atoms with E-state index in [0.717, 1.165) is 11.1 Å². The van der Waals surface area contributed by atoms with E-state index in [9.17, 15) is 0 Å². The third-order valence-electron chi connectivity index (χ3n) is 2.95. The van der Waals surface area contributed by atoms with Crippen molar-refractivity contribution in [3.8, 4) is 16.9 Å². The van der Waals surface area contributed by atoms with Gasteiger partial charge in [-0.2, -0.15) is 5.10 Å². The average Bonchev–Trinajstić information content (AvgIpc) is 2.98. The van der Waals surface area contributed by atoms with Crippen LogP contribution in [-0.2, 0) is 0 Å². The topological polar surface area (TPSA) is 68.8 Å². The molecule has 0 fully saturated rings. The smallest absolute Gasteiger partial charge is 0.174 e. The number of halogens is 2. The van der Waals surface area contributed by atoms with E-state index in [0.29, 0.717) is 21.7 Å². The maximum absolute atomic E-state index is 6.17. The molecule has 106 valence electrons. The van der Waals surface area contributed by atoms with Crippen LogP contribution in [0.2, 0.25) is 10.0 Å². The van der Waals surface area contributed by atoms with E-state index in [1.54, 1.807) is 16.9 Å². The van der Waals surface area contributed by atoms with E-state index < -0.39 is 0 Å². The van der Waals surface area contributed by atoms with Crippen LogP contribution >= 0.6 is 23.2 Å². The number of hydrogen-bond donors (Lipinski definition) is 2. The second kappa shape index (κ2) is 5.73. The molecule has 3 N–H and O–H groups in total. The molecule has 3 rings (SSSR count). The van der Waals surface area contributed by atoms with Gasteiger partial charge in [-0.25, -0.2) is 15.5 Å². The molecule has 3 aromatic rings. The van der Waals surface area contributed by atoms with E-state index >= 15 is 0 Å². The summed E-state index contributed by atoms with van der Waals surface area (Å²) in [6, 6.07) is 11.5. The molecule has 0 aliphatic heterocycles. The summed E-state index contributed by atoms with van der Waals surface area (Å²) in [7, 11) is 0. The number of rotatable bonds is 3. The summed E-state index contributed by atoms with van der Waals surface area (Å²) < 4.78 is 1.59. The van der Waals surface area contributed by atoms with E-state index in [1.165, 1.54) is 0 Å². The molecule has 0 bridgehead atoms. The minimum atomic E-state index is 0.341. The molecule has 7 heteroatoms. The van der Waals surface area contributed by atoms with Gasteiger partial charge in [0.15, 0.2) is 11.6 Å². The Kier molecular flexibility index (Phi) is 3.79. The van der Waals surface area contributed by atoms with Crippen LogP contribution in [0.3, 0.4) is 0 Å². The molecule has 1 aromatic carbocycles. The van der Waals surface area contributed by atoms with Gasteiger partial charge in [-0.05, 0) is 11.6 Å². The molecule has 0 amide bonds. The van der Waals surface area contributed by atoms with Crippen LogP contribution in [0.5, 0.6) is 0 Å². The Morgan fingerprint density at radius 1 is 1.05 bits per heavy atom. The molecule has 0 saturated carbocycles. The molecule has 0 spiro atoms. The maximum Gasteiger partial charge on any atom is 0.174 e. The van der Waals surface area contributed by atoms with Crippen molar-refractivity contribution in [2.75, 3.05) is 5.43 Å². The highest BCUT2D eigenvalue weighted by molar-refractivity contribution is 6.36. The monoisotopic (exact) mass is 319 g/mol. The number of anilines is 1. The van der Waals surface area contributed by atoms with Crippen LogP contribution < -0.4 is 11.3 Å². The van der Waals surface area contributed by atoms with Gasteiger partial charge in [-0.15, -0.1) is 0 Å². The number of benzene rings is 1. The summed E-state index contributed by atoms with van der Waals surface area (Å²) >= 11 is 12.1. The summed E-state index contributed by atoms with van der Waals surface area (Å²) in [5, 5.41) is 5.03. The molecule has 2 aromatic heterocycles. The van der Waals surface area contributed by atoms with Gasteiger partial charge in [0.05, 0.1) is 16.2 Å². The van der Waals surface area contributed by atoms with Gasteiger partial charge < -0.3 is 5.43 Å². The highest BCUT2D eigenvalue weighted by atomic mass is 35.5. The fraction of sp³-hybridized carbons (Fsp3) is 0. The van der Waals surface area contributed by atoms with Gasteiger partial charge in [-0.1, -0.05) is 53.5 Å². The Morgan fingerprint density at radius 2 is 1.81 bits per heavy atom. The summed E-state index contributed by atoms with van der Waals surface area (Å²) in [6.45, 7) is 0. The first-order chi connectivity index (χ1) is 10.2. The Bertz CT molecular complexity index is 770. The maximum atomic E-state index is 6.17. The molecular weight excluding hydrogens is 309 g/mol. The van der Waals surface area contributed by atoms with E-state index in [4.69, 9.17) is 29.0 Å². The number of nitrogens with one attached hydrogen (secondary N) is 1. The first-order valence-electron chi connectivity index (χ1n) is 6.12. The van der Waals surface area contributed by atoms with Gasteiger partial charge in [0.1, 0.15) is 0 Å². The second-order valence-electron chi connectivity index (χ2n) is 4.31. The number of nitrogens with zero attached hydrogens (tertiary/aromatic N) is 3. The standard InChI is InChI=1S/C14H11Cl2N5/c15-11-6-12(16)14(19-13(11)20-17)21-8-10(7-18-21)9-4-2-1-3-5-9/h1-8H,17H2,(H,19,20). The molecule has 0 unspecified atom stereocenters. The zero-order valence-corrected chi connectivity index (χ0v) is 12.3. The Balaban J connectivity index is 2.04. The van der Waals surface area contributed by atoms with Crippen molar-refractivity contribution in [3.05, 3.63) is 58.8 Å². The summed E-state index contributed by atoms with van der Waals surface area (Å²) in [4.78, 5) is 4.27. The SMILES string of the molecule is NNc1nc(-n2cc(-c3ccccc3)cn2)c(Cl)cc1Cl. The second-order valence-corrected chi connectivity index (χ2v) is 5.12. The van der Waals surface area contributed by atoms with Crippen LogP contribution in [0, 0.1) is 0 Å². The normalized spacial score (nSPS) is 10.6. The van der Waals surface area contributed by atoms with Crippen LogP contribution in [0.25, 0.3) is 16.9 Å². The summed E-state index contributed by atoms with van der Waals surface area (Å²) in [5.74, 6) is 6.17. The lowest BCUT2D eigenvalue weighted by Crippen LogP contribution is -2.11. The van der Waals surface area contributed by atoms with Crippen molar-refractivity contribution in [1.29, 1.82) is 0 Å². The van der Waals surface area contributed by atoms with Crippen molar-refractivity contribution in [2.24, 2.45) is 5.84 Å². The third kappa shape index (κ3) is 2.71. The quantitative estimate of drug-likeness (QED) is 0.572. The lowest BCUT2D eigenvalue weighted by Gasteiger charge is -2.08. The van der Waals surface area contributed by atoms with Crippen molar-refractivity contribution in [1.82, 2.24) is 14.8 Å². The molecule has 2 heterocycles. The fourth-order valence-corrected chi connectivity index (χ4v) is 2.44. The minimum absolute atomic E-state index is 0.341. The molecular formula is C14H11Cl2N5. The number of hydrazine groups is 1. The molecule has 21 heavy (non-hydrogen) atoms. The lowest BCUT2D eigenvalue weighted by atomic mass is 10.1. The van der Waals surface area contributed by atoms with E-state index in [1.807, 2.05) is 36.5 Å². The number of aromatic nitrogens is 3. The Labute approximate surface area is 131 Å².